The van der Waals surface area contributed by atoms with Crippen LogP contribution in [0.5, 0.6) is 0 Å². The van der Waals surface area contributed by atoms with Crippen LogP contribution in [-0.2, 0) is 19.3 Å². The molecule has 2 aromatic carbocycles. The van der Waals surface area contributed by atoms with Crippen molar-refractivity contribution in [3.63, 3.8) is 0 Å². The van der Waals surface area contributed by atoms with Gasteiger partial charge in [-0.15, -0.1) is 0 Å². The van der Waals surface area contributed by atoms with Gasteiger partial charge in [0, 0.05) is 17.3 Å². The molecular formula is C30H41N. The van der Waals surface area contributed by atoms with E-state index >= 15 is 0 Å². The Morgan fingerprint density at radius 1 is 1.00 bits per heavy atom. The molecule has 0 spiro atoms. The van der Waals surface area contributed by atoms with Gasteiger partial charge in [-0.2, -0.15) is 0 Å². The van der Waals surface area contributed by atoms with Crippen LogP contribution in [0, 0.1) is 11.8 Å². The molecule has 0 radical (unpaired) electrons. The predicted octanol–water partition coefficient (Wildman–Crippen LogP) is 7.86. The lowest BCUT2D eigenvalue weighted by atomic mass is 9.76. The number of nitrogens with zero attached hydrogens (tertiary/aromatic N) is 1. The van der Waals surface area contributed by atoms with Gasteiger partial charge in [0.05, 0.1) is 6.04 Å². The van der Waals surface area contributed by atoms with Crippen LogP contribution in [0.25, 0.3) is 5.57 Å². The van der Waals surface area contributed by atoms with Gasteiger partial charge in [-0.1, -0.05) is 83.0 Å². The highest BCUT2D eigenvalue weighted by Gasteiger charge is 2.42. The lowest BCUT2D eigenvalue weighted by Crippen LogP contribution is -2.45. The number of hydrogen-bond donors (Lipinski definition) is 0. The van der Waals surface area contributed by atoms with E-state index in [0.717, 1.165) is 24.7 Å². The zero-order valence-electron chi connectivity index (χ0n) is 20.2. The second-order valence-corrected chi connectivity index (χ2v) is 10.1. The van der Waals surface area contributed by atoms with Gasteiger partial charge < -0.3 is 4.90 Å². The third-order valence-corrected chi connectivity index (χ3v) is 7.87. The number of rotatable bonds is 7. The van der Waals surface area contributed by atoms with Crippen molar-refractivity contribution < 1.29 is 0 Å². The number of hydrogen-bond acceptors (Lipinski definition) is 1. The average molecular weight is 416 g/mol. The molecule has 0 aromatic heterocycles. The summed E-state index contributed by atoms with van der Waals surface area (Å²) in [5, 5.41) is 0. The molecule has 0 saturated heterocycles. The van der Waals surface area contributed by atoms with Gasteiger partial charge in [-0.3, -0.25) is 0 Å². The quantitative estimate of drug-likeness (QED) is 0.445. The molecule has 0 N–H and O–H groups in total. The average Bonchev–Trinajstić information content (AvgIpc) is 3.08. The molecule has 4 rings (SSSR count). The molecular weight excluding hydrogens is 374 g/mol. The lowest BCUT2D eigenvalue weighted by molar-refractivity contribution is 0.268. The number of anilines is 1. The van der Waals surface area contributed by atoms with Crippen molar-refractivity contribution in [2.75, 3.05) is 4.90 Å². The molecule has 0 amide bonds. The molecule has 1 unspecified atom stereocenters. The van der Waals surface area contributed by atoms with Crippen LogP contribution in [0.15, 0.2) is 49.0 Å². The summed E-state index contributed by atoms with van der Waals surface area (Å²) < 4.78 is 0. The van der Waals surface area contributed by atoms with Crippen LogP contribution in [0.4, 0.5) is 5.69 Å². The molecule has 1 fully saturated rings. The number of benzene rings is 2. The highest BCUT2D eigenvalue weighted by molar-refractivity contribution is 5.90. The SMILES string of the molecule is C=C1c2c(ccc(CCC)c2CC)N([C@@H](C)Cc2ccccc2)C1C1CCC(C)CC1. The normalized spacial score (nSPS) is 24.3. The first-order valence-electron chi connectivity index (χ1n) is 12.7. The highest BCUT2D eigenvalue weighted by atomic mass is 15.2. The predicted molar refractivity (Wildman–Crippen MR) is 136 cm³/mol. The van der Waals surface area contributed by atoms with Gasteiger partial charge in [0.15, 0.2) is 0 Å². The van der Waals surface area contributed by atoms with E-state index in [4.69, 9.17) is 6.58 Å². The fourth-order valence-corrected chi connectivity index (χ4v) is 6.30. The van der Waals surface area contributed by atoms with Crippen LogP contribution in [0.2, 0.25) is 0 Å². The van der Waals surface area contributed by atoms with Gasteiger partial charge >= 0.3 is 0 Å². The number of aryl methyl sites for hydroxylation is 1. The van der Waals surface area contributed by atoms with Crippen LogP contribution in [-0.4, -0.2) is 12.1 Å². The summed E-state index contributed by atoms with van der Waals surface area (Å²) in [6.45, 7) is 14.3. The zero-order chi connectivity index (χ0) is 22.0. The Morgan fingerprint density at radius 2 is 1.71 bits per heavy atom. The van der Waals surface area contributed by atoms with E-state index < -0.39 is 0 Å². The number of fused-ring (bicyclic) bond motifs is 1. The Morgan fingerprint density at radius 3 is 2.35 bits per heavy atom. The molecule has 0 bridgehead atoms. The summed E-state index contributed by atoms with van der Waals surface area (Å²) in [5.41, 5.74) is 8.89. The molecule has 1 aliphatic heterocycles. The van der Waals surface area contributed by atoms with Gasteiger partial charge in [-0.05, 0) is 79.2 Å². The fraction of sp³-hybridized carbons (Fsp3) is 0.533. The molecule has 31 heavy (non-hydrogen) atoms. The van der Waals surface area contributed by atoms with Crippen molar-refractivity contribution in [1.29, 1.82) is 0 Å². The van der Waals surface area contributed by atoms with Gasteiger partial charge in [0.1, 0.15) is 0 Å². The molecule has 2 aliphatic rings. The maximum absolute atomic E-state index is 4.78. The van der Waals surface area contributed by atoms with Crippen LogP contribution < -0.4 is 4.90 Å². The second kappa shape index (κ2) is 9.63. The third kappa shape index (κ3) is 4.34. The smallest absolute Gasteiger partial charge is 0.0574 e. The van der Waals surface area contributed by atoms with Gasteiger partial charge in [0.25, 0.3) is 0 Å². The first kappa shape index (κ1) is 22.2. The van der Waals surface area contributed by atoms with E-state index in [0.29, 0.717) is 12.1 Å². The van der Waals surface area contributed by atoms with Gasteiger partial charge in [-0.25, -0.2) is 0 Å². The summed E-state index contributed by atoms with van der Waals surface area (Å²) in [6.07, 6.45) is 10.00. The summed E-state index contributed by atoms with van der Waals surface area (Å²) in [7, 11) is 0. The van der Waals surface area contributed by atoms with Gasteiger partial charge in [0.2, 0.25) is 0 Å². The van der Waals surface area contributed by atoms with E-state index in [1.54, 1.807) is 11.1 Å². The fourth-order valence-electron chi connectivity index (χ4n) is 6.30. The summed E-state index contributed by atoms with van der Waals surface area (Å²) >= 11 is 0. The summed E-state index contributed by atoms with van der Waals surface area (Å²) in [4.78, 5) is 2.78. The van der Waals surface area contributed by atoms with E-state index in [9.17, 15) is 0 Å². The van der Waals surface area contributed by atoms with E-state index in [1.165, 1.54) is 60.9 Å². The zero-order valence-corrected chi connectivity index (χ0v) is 20.2. The van der Waals surface area contributed by atoms with Crippen molar-refractivity contribution in [1.82, 2.24) is 0 Å². The molecule has 1 heterocycles. The maximum atomic E-state index is 4.78. The Labute approximate surface area is 190 Å². The first-order chi connectivity index (χ1) is 15.0. The molecule has 1 aliphatic carbocycles. The van der Waals surface area contributed by atoms with Crippen LogP contribution >= 0.6 is 0 Å². The largest absolute Gasteiger partial charge is 0.361 e. The van der Waals surface area contributed by atoms with Crippen molar-refractivity contribution in [3.05, 3.63) is 71.3 Å². The van der Waals surface area contributed by atoms with Crippen molar-refractivity contribution in [3.8, 4) is 0 Å². The summed E-state index contributed by atoms with van der Waals surface area (Å²) in [6, 6.07) is 16.8. The minimum atomic E-state index is 0.461. The molecule has 2 atom stereocenters. The maximum Gasteiger partial charge on any atom is 0.0574 e. The third-order valence-electron chi connectivity index (χ3n) is 7.87. The Kier molecular flexibility index (Phi) is 6.89. The molecule has 166 valence electrons. The molecule has 1 saturated carbocycles. The van der Waals surface area contributed by atoms with E-state index in [2.05, 4.69) is 75.1 Å². The second-order valence-electron chi connectivity index (χ2n) is 10.1. The minimum absolute atomic E-state index is 0.461. The van der Waals surface area contributed by atoms with E-state index in [1.807, 2.05) is 0 Å². The lowest BCUT2D eigenvalue weighted by Gasteiger charge is -2.40. The Hall–Kier alpha value is -2.02. The molecule has 1 nitrogen and oxygen atoms in total. The van der Waals surface area contributed by atoms with Crippen molar-refractivity contribution >= 4 is 11.3 Å². The monoisotopic (exact) mass is 415 g/mol. The van der Waals surface area contributed by atoms with Crippen molar-refractivity contribution in [2.24, 2.45) is 11.8 Å². The highest BCUT2D eigenvalue weighted by Crippen LogP contribution is 2.49. The summed E-state index contributed by atoms with van der Waals surface area (Å²) in [5.74, 6) is 1.61. The Balaban J connectivity index is 1.74. The van der Waals surface area contributed by atoms with E-state index in [-0.39, 0.29) is 0 Å². The Bertz CT molecular complexity index is 888. The molecule has 2 aromatic rings. The molecule has 1 heteroatoms. The van der Waals surface area contributed by atoms with Crippen molar-refractivity contribution in [2.45, 2.75) is 91.1 Å². The standard InChI is InChI=1S/C30H41N/c1-6-11-25-18-19-28-29(27(25)7-2)23(5)30(26-16-14-21(3)15-17-26)31(28)22(4)20-24-12-9-8-10-13-24/h8-10,12-13,18-19,21-22,26,30H,5-7,11,14-17,20H2,1-4H3/t21?,22-,26?,30?/m0/s1. The topological polar surface area (TPSA) is 3.24 Å². The van der Waals surface area contributed by atoms with Crippen LogP contribution in [0.3, 0.4) is 0 Å². The first-order valence-corrected chi connectivity index (χ1v) is 12.7. The minimum Gasteiger partial charge on any atom is -0.361 e. The van der Waals surface area contributed by atoms with Crippen LogP contribution in [0.1, 0.15) is 82.1 Å².